The quantitative estimate of drug-likeness (QED) is 0.350. The van der Waals surface area contributed by atoms with Crippen LogP contribution in [0.4, 0.5) is 4.39 Å². The van der Waals surface area contributed by atoms with Crippen LogP contribution in [0.25, 0.3) is 0 Å². The maximum atomic E-state index is 13.6. The van der Waals surface area contributed by atoms with Crippen molar-refractivity contribution in [1.82, 2.24) is 0 Å². The number of aryl methyl sites for hydroxylation is 2. The normalized spacial score (nSPS) is 11.0. The smallest absolute Gasteiger partial charge is 0.249 e. The Morgan fingerprint density at radius 1 is 1.23 bits per heavy atom. The Balaban J connectivity index is 1.90. The zero-order valence-corrected chi connectivity index (χ0v) is 11.9. The second-order valence-corrected chi connectivity index (χ2v) is 4.77. The number of carbonyl (C=O) groups is 1. The molecule has 114 valence electrons. The number of carbonyl (C=O) groups excluding carboxylic acids is 1. The highest BCUT2D eigenvalue weighted by atomic mass is 19.1. The fourth-order valence-electron chi connectivity index (χ4n) is 2.03. The van der Waals surface area contributed by atoms with Crippen molar-refractivity contribution in [1.29, 1.82) is 0 Å². The van der Waals surface area contributed by atoms with Crippen LogP contribution in [0.2, 0.25) is 0 Å². The minimum absolute atomic E-state index is 0.232. The predicted octanol–water partition coefficient (Wildman–Crippen LogP) is 0.398. The van der Waals surface area contributed by atoms with E-state index < -0.39 is 11.7 Å². The molecule has 0 bridgehead atoms. The van der Waals surface area contributed by atoms with Crippen LogP contribution in [0.5, 0.6) is 0 Å². The fourth-order valence-corrected chi connectivity index (χ4v) is 2.03. The third kappa shape index (κ3) is 4.08. The average Bonchev–Trinajstić information content (AvgIpc) is 2.50. The van der Waals surface area contributed by atoms with E-state index >= 15 is 0 Å². The third-order valence-electron chi connectivity index (χ3n) is 3.21. The van der Waals surface area contributed by atoms with Crippen molar-refractivity contribution >= 4 is 12.1 Å². The second kappa shape index (κ2) is 7.26. The van der Waals surface area contributed by atoms with Crippen molar-refractivity contribution in [2.45, 2.75) is 19.5 Å². The van der Waals surface area contributed by atoms with Crippen molar-refractivity contribution in [3.05, 3.63) is 59.9 Å². The summed E-state index contributed by atoms with van der Waals surface area (Å²) in [6.07, 6.45) is 8.49. The SMILES string of the molecule is NC(=O)c1cc[n+](CCC[n+]2ccc(/C=N/O)c(F)c2)cc1. The summed E-state index contributed by atoms with van der Waals surface area (Å²) in [5.41, 5.74) is 5.87. The Morgan fingerprint density at radius 3 is 2.45 bits per heavy atom. The summed E-state index contributed by atoms with van der Waals surface area (Å²) in [6, 6.07) is 4.88. The molecule has 0 atom stereocenters. The summed E-state index contributed by atoms with van der Waals surface area (Å²) in [5.74, 6) is -0.900. The molecule has 0 saturated carbocycles. The molecule has 2 aromatic rings. The molecule has 0 fully saturated rings. The highest BCUT2D eigenvalue weighted by Crippen LogP contribution is 2.00. The van der Waals surface area contributed by atoms with Gasteiger partial charge in [0.2, 0.25) is 12.1 Å². The van der Waals surface area contributed by atoms with Crippen molar-refractivity contribution in [3.63, 3.8) is 0 Å². The van der Waals surface area contributed by atoms with E-state index in [0.717, 1.165) is 19.2 Å². The number of rotatable bonds is 6. The van der Waals surface area contributed by atoms with E-state index in [4.69, 9.17) is 10.9 Å². The molecule has 2 aromatic heterocycles. The fraction of sp³-hybridized carbons (Fsp3) is 0.200. The molecule has 6 nitrogen and oxygen atoms in total. The summed E-state index contributed by atoms with van der Waals surface area (Å²) >= 11 is 0. The lowest BCUT2D eigenvalue weighted by atomic mass is 10.2. The highest BCUT2D eigenvalue weighted by molar-refractivity contribution is 5.92. The van der Waals surface area contributed by atoms with Gasteiger partial charge in [-0.15, -0.1) is 0 Å². The van der Waals surface area contributed by atoms with Gasteiger partial charge in [0, 0.05) is 23.8 Å². The molecule has 0 spiro atoms. The molecule has 3 N–H and O–H groups in total. The number of aromatic nitrogens is 2. The van der Waals surface area contributed by atoms with Crippen molar-refractivity contribution in [2.24, 2.45) is 10.9 Å². The number of pyridine rings is 2. The highest BCUT2D eigenvalue weighted by Gasteiger charge is 2.10. The lowest BCUT2D eigenvalue weighted by molar-refractivity contribution is -0.727. The Bertz CT molecular complexity index is 686. The number of amides is 1. The molecule has 0 unspecified atom stereocenters. The first-order valence-electron chi connectivity index (χ1n) is 6.75. The van der Waals surface area contributed by atoms with Gasteiger partial charge in [0.05, 0.1) is 18.2 Å². The number of primary amides is 1. The van der Waals surface area contributed by atoms with Gasteiger partial charge in [-0.25, -0.2) is 9.13 Å². The van der Waals surface area contributed by atoms with E-state index in [9.17, 15) is 9.18 Å². The molecule has 0 aliphatic rings. The number of halogens is 1. The molecule has 0 aliphatic carbocycles. The van der Waals surface area contributed by atoms with Gasteiger partial charge in [-0.05, 0) is 0 Å². The molecule has 1 amide bonds. The lowest BCUT2D eigenvalue weighted by Gasteiger charge is -1.99. The van der Waals surface area contributed by atoms with Crippen LogP contribution in [0, 0.1) is 5.82 Å². The van der Waals surface area contributed by atoms with Crippen LogP contribution in [0.15, 0.2) is 48.1 Å². The van der Waals surface area contributed by atoms with E-state index in [1.807, 2.05) is 4.57 Å². The van der Waals surface area contributed by atoms with Gasteiger partial charge in [0.1, 0.15) is 0 Å². The number of hydrogen-bond donors (Lipinski definition) is 2. The van der Waals surface area contributed by atoms with E-state index in [-0.39, 0.29) is 5.56 Å². The number of oxime groups is 1. The molecule has 0 aliphatic heterocycles. The van der Waals surface area contributed by atoms with Gasteiger partial charge in [-0.3, -0.25) is 4.79 Å². The summed E-state index contributed by atoms with van der Waals surface area (Å²) in [6.45, 7) is 1.37. The van der Waals surface area contributed by atoms with Gasteiger partial charge in [-0.2, -0.15) is 4.39 Å². The Hall–Kier alpha value is -2.83. The average molecular weight is 304 g/mol. The second-order valence-electron chi connectivity index (χ2n) is 4.77. The third-order valence-corrected chi connectivity index (χ3v) is 3.21. The molecule has 22 heavy (non-hydrogen) atoms. The number of nitrogens with zero attached hydrogens (tertiary/aromatic N) is 3. The minimum Gasteiger partial charge on any atom is -0.411 e. The van der Waals surface area contributed by atoms with Gasteiger partial charge in [-0.1, -0.05) is 5.16 Å². The van der Waals surface area contributed by atoms with Gasteiger partial charge < -0.3 is 10.9 Å². The molecule has 7 heteroatoms. The van der Waals surface area contributed by atoms with Crippen LogP contribution in [0.3, 0.4) is 0 Å². The van der Waals surface area contributed by atoms with Crippen LogP contribution in [-0.4, -0.2) is 17.3 Å². The molecule has 0 saturated heterocycles. The maximum absolute atomic E-state index is 13.6. The summed E-state index contributed by atoms with van der Waals surface area (Å²) in [4.78, 5) is 11.0. The van der Waals surface area contributed by atoms with Gasteiger partial charge >= 0.3 is 0 Å². The topological polar surface area (TPSA) is 83.4 Å². The molecule has 0 aromatic carbocycles. The summed E-state index contributed by atoms with van der Waals surface area (Å²) in [7, 11) is 0. The van der Waals surface area contributed by atoms with Crippen LogP contribution in [0.1, 0.15) is 22.3 Å². The summed E-state index contributed by atoms with van der Waals surface area (Å²) in [5, 5.41) is 11.2. The van der Waals surface area contributed by atoms with Crippen molar-refractivity contribution in [3.8, 4) is 0 Å². The monoisotopic (exact) mass is 304 g/mol. The first-order chi connectivity index (χ1) is 10.6. The first-order valence-corrected chi connectivity index (χ1v) is 6.75. The van der Waals surface area contributed by atoms with Crippen molar-refractivity contribution < 1.29 is 23.5 Å². The Morgan fingerprint density at radius 2 is 1.86 bits per heavy atom. The van der Waals surface area contributed by atoms with Gasteiger partial charge in [0.15, 0.2) is 37.5 Å². The first kappa shape index (κ1) is 15.6. The zero-order valence-electron chi connectivity index (χ0n) is 11.9. The largest absolute Gasteiger partial charge is 0.411 e. The van der Waals surface area contributed by atoms with E-state index in [2.05, 4.69) is 5.16 Å². The number of nitrogens with two attached hydrogens (primary N) is 1. The standard InChI is InChI=1S/C15H15FN4O2/c16-14-11-20(9-4-13(14)10-18-22)6-1-5-19-7-2-12(3-8-19)15(17)21/h2-4,7-11H,1,5-6H2,(H-,17,21)/p+2. The maximum Gasteiger partial charge on any atom is 0.249 e. The van der Waals surface area contributed by atoms with Gasteiger partial charge in [0.25, 0.3) is 0 Å². The van der Waals surface area contributed by atoms with Crippen molar-refractivity contribution in [2.75, 3.05) is 0 Å². The lowest BCUT2D eigenvalue weighted by Crippen LogP contribution is -2.39. The molecule has 2 rings (SSSR count). The van der Waals surface area contributed by atoms with E-state index in [1.54, 1.807) is 41.4 Å². The van der Waals surface area contributed by atoms with E-state index in [0.29, 0.717) is 12.1 Å². The molecular formula is C15H17FN4O2+2. The van der Waals surface area contributed by atoms with Crippen LogP contribution < -0.4 is 14.9 Å². The molecular weight excluding hydrogens is 287 g/mol. The Kier molecular flexibility index (Phi) is 5.13. The van der Waals surface area contributed by atoms with Crippen LogP contribution >= 0.6 is 0 Å². The molecule has 2 heterocycles. The van der Waals surface area contributed by atoms with E-state index in [1.165, 1.54) is 6.20 Å². The Labute approximate surface area is 126 Å². The number of hydrogen-bond acceptors (Lipinski definition) is 3. The van der Waals surface area contributed by atoms with Crippen LogP contribution in [-0.2, 0) is 13.1 Å². The summed E-state index contributed by atoms with van der Waals surface area (Å²) < 4.78 is 17.3. The minimum atomic E-state index is -0.454. The predicted molar refractivity (Wildman–Crippen MR) is 75.7 cm³/mol. The zero-order chi connectivity index (χ0) is 15.9. The molecule has 0 radical (unpaired) electrons.